The van der Waals surface area contributed by atoms with Crippen LogP contribution in [0.25, 0.3) is 0 Å². The van der Waals surface area contributed by atoms with Crippen molar-refractivity contribution >= 4 is 0 Å². The molecule has 1 atom stereocenters. The van der Waals surface area contributed by atoms with Crippen LogP contribution >= 0.6 is 0 Å². The minimum atomic E-state index is -0.325. The van der Waals surface area contributed by atoms with E-state index in [9.17, 15) is 4.39 Å². The Bertz CT molecular complexity index is 366. The van der Waals surface area contributed by atoms with E-state index in [-0.39, 0.29) is 12.1 Å². The number of rotatable bonds is 4. The molecule has 0 N–H and O–H groups in total. The lowest BCUT2D eigenvalue weighted by molar-refractivity contribution is -0.117. The Labute approximate surface area is 108 Å². The molecule has 0 saturated heterocycles. The number of ether oxygens (including phenoxy) is 2. The van der Waals surface area contributed by atoms with Crippen LogP contribution < -0.4 is 4.74 Å². The highest BCUT2D eigenvalue weighted by atomic mass is 19.1. The van der Waals surface area contributed by atoms with Crippen LogP contribution in [0.15, 0.2) is 18.2 Å². The average molecular weight is 252 g/mol. The highest BCUT2D eigenvalue weighted by Crippen LogP contribution is 2.23. The van der Waals surface area contributed by atoms with E-state index < -0.39 is 0 Å². The molecule has 2 nitrogen and oxygen atoms in total. The van der Waals surface area contributed by atoms with Gasteiger partial charge in [0, 0.05) is 6.07 Å². The van der Waals surface area contributed by atoms with Crippen LogP contribution in [0, 0.1) is 12.7 Å². The maximum atomic E-state index is 13.2. The fourth-order valence-electron chi connectivity index (χ4n) is 2.46. The van der Waals surface area contributed by atoms with Crippen molar-refractivity contribution in [3.63, 3.8) is 0 Å². The smallest absolute Gasteiger partial charge is 0.197 e. The van der Waals surface area contributed by atoms with Gasteiger partial charge in [0.2, 0.25) is 0 Å². The van der Waals surface area contributed by atoms with Crippen molar-refractivity contribution in [2.75, 3.05) is 0 Å². The molecule has 0 bridgehead atoms. The molecule has 3 heteroatoms. The zero-order chi connectivity index (χ0) is 13.0. The third-order valence-corrected chi connectivity index (χ3v) is 3.25. The predicted molar refractivity (Wildman–Crippen MR) is 69.2 cm³/mol. The lowest BCUT2D eigenvalue weighted by atomic mass is 9.98. The quantitative estimate of drug-likeness (QED) is 0.747. The Balaban J connectivity index is 1.87. The third-order valence-electron chi connectivity index (χ3n) is 3.25. The van der Waals surface area contributed by atoms with E-state index in [0.29, 0.717) is 11.9 Å². The van der Waals surface area contributed by atoms with E-state index >= 15 is 0 Å². The summed E-state index contributed by atoms with van der Waals surface area (Å²) in [5.74, 6) is 0.269. The molecule has 18 heavy (non-hydrogen) atoms. The average Bonchev–Trinajstić information content (AvgIpc) is 2.28. The van der Waals surface area contributed by atoms with Crippen LogP contribution in [-0.2, 0) is 4.74 Å². The van der Waals surface area contributed by atoms with Crippen molar-refractivity contribution in [2.45, 2.75) is 58.3 Å². The zero-order valence-corrected chi connectivity index (χ0v) is 11.1. The summed E-state index contributed by atoms with van der Waals surface area (Å²) in [5, 5.41) is 0. The molecule has 0 spiro atoms. The zero-order valence-electron chi connectivity index (χ0n) is 11.1. The lowest BCUT2D eigenvalue weighted by Gasteiger charge is -2.26. The standard InChI is InChI=1S/C15H21FO2/c1-11-8-13(16)10-15(9-11)18-12(2)17-14-6-4-3-5-7-14/h8-10,12,14H,3-7H2,1-2H3. The highest BCUT2D eigenvalue weighted by Gasteiger charge is 2.17. The van der Waals surface area contributed by atoms with E-state index in [0.717, 1.165) is 18.4 Å². The molecule has 1 unspecified atom stereocenters. The molecule has 1 aliphatic carbocycles. The first kappa shape index (κ1) is 13.3. The fraction of sp³-hybridized carbons (Fsp3) is 0.600. The van der Waals surface area contributed by atoms with Crippen LogP contribution in [-0.4, -0.2) is 12.4 Å². The number of halogens is 1. The van der Waals surface area contributed by atoms with Gasteiger partial charge in [0.25, 0.3) is 0 Å². The molecule has 0 aliphatic heterocycles. The van der Waals surface area contributed by atoms with Crippen LogP contribution in [0.4, 0.5) is 4.39 Å². The summed E-state index contributed by atoms with van der Waals surface area (Å²) >= 11 is 0. The Kier molecular flexibility index (Phi) is 4.59. The van der Waals surface area contributed by atoms with Gasteiger partial charge in [0.15, 0.2) is 6.29 Å². The third kappa shape index (κ3) is 3.98. The maximum Gasteiger partial charge on any atom is 0.197 e. The number of aryl methyl sites for hydroxylation is 1. The first-order valence-electron chi connectivity index (χ1n) is 6.73. The van der Waals surface area contributed by atoms with Gasteiger partial charge in [-0.05, 0) is 44.4 Å². The van der Waals surface area contributed by atoms with Crippen molar-refractivity contribution in [3.8, 4) is 5.75 Å². The van der Waals surface area contributed by atoms with Gasteiger partial charge >= 0.3 is 0 Å². The topological polar surface area (TPSA) is 18.5 Å². The molecule has 1 aromatic carbocycles. The molecular weight excluding hydrogens is 231 g/mol. The Morgan fingerprint density at radius 1 is 1.17 bits per heavy atom. The van der Waals surface area contributed by atoms with Gasteiger partial charge in [-0.1, -0.05) is 19.3 Å². The van der Waals surface area contributed by atoms with E-state index in [2.05, 4.69) is 0 Å². The minimum absolute atomic E-state index is 0.269. The van der Waals surface area contributed by atoms with Crippen molar-refractivity contribution in [1.29, 1.82) is 0 Å². The molecule has 1 aliphatic rings. The molecule has 1 fully saturated rings. The molecular formula is C15H21FO2. The van der Waals surface area contributed by atoms with Crippen molar-refractivity contribution in [3.05, 3.63) is 29.6 Å². The molecule has 1 aromatic rings. The van der Waals surface area contributed by atoms with Gasteiger partial charge in [0.1, 0.15) is 11.6 Å². The molecule has 0 heterocycles. The number of hydrogen-bond donors (Lipinski definition) is 0. The lowest BCUT2D eigenvalue weighted by Crippen LogP contribution is -2.26. The van der Waals surface area contributed by atoms with Crippen molar-refractivity contribution < 1.29 is 13.9 Å². The van der Waals surface area contributed by atoms with Gasteiger partial charge in [0.05, 0.1) is 6.10 Å². The summed E-state index contributed by atoms with van der Waals surface area (Å²) < 4.78 is 24.7. The summed E-state index contributed by atoms with van der Waals surface area (Å²) in [5.41, 5.74) is 0.856. The first-order valence-corrected chi connectivity index (χ1v) is 6.73. The Morgan fingerprint density at radius 3 is 2.56 bits per heavy atom. The fourth-order valence-corrected chi connectivity index (χ4v) is 2.46. The second-order valence-corrected chi connectivity index (χ2v) is 5.05. The van der Waals surface area contributed by atoms with Gasteiger partial charge < -0.3 is 9.47 Å². The summed E-state index contributed by atoms with van der Waals surface area (Å²) in [4.78, 5) is 0. The predicted octanol–water partition coefficient (Wildman–Crippen LogP) is 4.21. The maximum absolute atomic E-state index is 13.2. The molecule has 0 radical (unpaired) electrons. The van der Waals surface area contributed by atoms with Gasteiger partial charge in [-0.25, -0.2) is 4.39 Å². The molecule has 0 aromatic heterocycles. The number of benzene rings is 1. The minimum Gasteiger partial charge on any atom is -0.465 e. The summed E-state index contributed by atoms with van der Waals surface area (Å²) in [7, 11) is 0. The van der Waals surface area contributed by atoms with E-state index in [4.69, 9.17) is 9.47 Å². The normalized spacial score (nSPS) is 18.6. The van der Waals surface area contributed by atoms with E-state index in [1.807, 2.05) is 19.9 Å². The molecule has 2 rings (SSSR count). The van der Waals surface area contributed by atoms with Crippen LogP contribution in [0.5, 0.6) is 5.75 Å². The van der Waals surface area contributed by atoms with Gasteiger partial charge in [-0.2, -0.15) is 0 Å². The number of hydrogen-bond acceptors (Lipinski definition) is 2. The second-order valence-electron chi connectivity index (χ2n) is 5.05. The molecule has 0 amide bonds. The SMILES string of the molecule is Cc1cc(F)cc(OC(C)OC2CCCCC2)c1. The molecule has 1 saturated carbocycles. The summed E-state index contributed by atoms with van der Waals surface area (Å²) in [6, 6.07) is 4.71. The summed E-state index contributed by atoms with van der Waals surface area (Å²) in [6.45, 7) is 3.72. The molecule has 100 valence electrons. The van der Waals surface area contributed by atoms with E-state index in [1.165, 1.54) is 31.4 Å². The summed E-state index contributed by atoms with van der Waals surface area (Å²) in [6.07, 6.45) is 5.95. The Morgan fingerprint density at radius 2 is 1.89 bits per heavy atom. The second kappa shape index (κ2) is 6.19. The monoisotopic (exact) mass is 252 g/mol. The largest absolute Gasteiger partial charge is 0.465 e. The van der Waals surface area contributed by atoms with E-state index in [1.54, 1.807) is 0 Å². The van der Waals surface area contributed by atoms with Gasteiger partial charge in [-0.15, -0.1) is 0 Å². The van der Waals surface area contributed by atoms with Gasteiger partial charge in [-0.3, -0.25) is 0 Å². The van der Waals surface area contributed by atoms with Crippen LogP contribution in [0.3, 0.4) is 0 Å². The first-order chi connectivity index (χ1) is 8.63. The highest BCUT2D eigenvalue weighted by molar-refractivity contribution is 5.28. The van der Waals surface area contributed by atoms with Crippen LogP contribution in [0.1, 0.15) is 44.6 Å². The van der Waals surface area contributed by atoms with Crippen LogP contribution in [0.2, 0.25) is 0 Å². The Hall–Kier alpha value is -1.09. The van der Waals surface area contributed by atoms with Crippen molar-refractivity contribution in [2.24, 2.45) is 0 Å². The van der Waals surface area contributed by atoms with Crippen molar-refractivity contribution in [1.82, 2.24) is 0 Å².